The average Bonchev–Trinajstić information content (AvgIpc) is 3.68. The third-order valence-electron chi connectivity index (χ3n) is 6.78. The maximum Gasteiger partial charge on any atom is 0.234 e. The summed E-state index contributed by atoms with van der Waals surface area (Å²) in [6, 6.07) is 30.1. The van der Waals surface area contributed by atoms with E-state index in [-0.39, 0.29) is 23.3 Å². The molecule has 0 atom stereocenters. The smallest absolute Gasteiger partial charge is 0.234 e. The van der Waals surface area contributed by atoms with Crippen molar-refractivity contribution in [1.82, 2.24) is 19.9 Å². The van der Waals surface area contributed by atoms with Gasteiger partial charge in [0.15, 0.2) is 10.3 Å². The molecular formula is C33H24N8O2S2. The number of fused-ring (bicyclic) bond motifs is 2. The Morgan fingerprint density at radius 1 is 0.667 bits per heavy atom. The quantitative estimate of drug-likeness (QED) is 0.130. The molecule has 0 aliphatic rings. The number of nitrogens with zero attached hydrogens (tertiary/aromatic N) is 4. The summed E-state index contributed by atoms with van der Waals surface area (Å²) in [5.41, 5.74) is 6.66. The average molecular weight is 629 g/mol. The van der Waals surface area contributed by atoms with Crippen molar-refractivity contribution in [3.63, 3.8) is 0 Å². The van der Waals surface area contributed by atoms with Crippen molar-refractivity contribution < 1.29 is 9.59 Å². The Labute approximate surface area is 266 Å². The highest BCUT2D eigenvalue weighted by atomic mass is 32.2. The van der Waals surface area contributed by atoms with Crippen LogP contribution in [0.5, 0.6) is 0 Å². The van der Waals surface area contributed by atoms with Crippen molar-refractivity contribution in [2.75, 3.05) is 22.1 Å². The van der Waals surface area contributed by atoms with Crippen molar-refractivity contribution in [3.05, 3.63) is 107 Å². The maximum atomic E-state index is 12.6. The number of hydrogen-bond donors (Lipinski definition) is 4. The molecule has 10 nitrogen and oxygen atoms in total. The minimum atomic E-state index is -0.253. The number of benzene rings is 4. The van der Waals surface area contributed by atoms with Gasteiger partial charge in [-0.25, -0.2) is 9.97 Å². The van der Waals surface area contributed by atoms with Gasteiger partial charge >= 0.3 is 0 Å². The Hall–Kier alpha value is -5.56. The second kappa shape index (κ2) is 13.4. The third-order valence-corrected chi connectivity index (χ3v) is 8.53. The molecule has 0 spiro atoms. The first-order chi connectivity index (χ1) is 22.0. The van der Waals surface area contributed by atoms with Crippen molar-refractivity contribution in [3.8, 4) is 12.1 Å². The topological polar surface area (TPSA) is 163 Å². The summed E-state index contributed by atoms with van der Waals surface area (Å²) in [6.45, 7) is 0. The predicted molar refractivity (Wildman–Crippen MR) is 176 cm³/mol. The lowest BCUT2D eigenvalue weighted by atomic mass is 10.00. The molecule has 2 heterocycles. The van der Waals surface area contributed by atoms with E-state index in [1.165, 1.54) is 23.5 Å². The lowest BCUT2D eigenvalue weighted by molar-refractivity contribution is -0.114. The van der Waals surface area contributed by atoms with Crippen molar-refractivity contribution in [2.24, 2.45) is 0 Å². The number of aromatic nitrogens is 4. The van der Waals surface area contributed by atoms with E-state index >= 15 is 0 Å². The molecule has 0 fully saturated rings. The highest BCUT2D eigenvalue weighted by molar-refractivity contribution is 8.00. The van der Waals surface area contributed by atoms with Gasteiger partial charge < -0.3 is 20.6 Å². The van der Waals surface area contributed by atoms with Gasteiger partial charge in [-0.05, 0) is 66.1 Å². The summed E-state index contributed by atoms with van der Waals surface area (Å²) in [6.07, 6.45) is 0.454. The zero-order chi connectivity index (χ0) is 31.2. The predicted octanol–water partition coefficient (Wildman–Crippen LogP) is 6.23. The number of anilines is 2. The van der Waals surface area contributed by atoms with E-state index in [1.807, 2.05) is 60.7 Å². The molecule has 0 unspecified atom stereocenters. The van der Waals surface area contributed by atoms with Crippen LogP contribution in [0.4, 0.5) is 11.4 Å². The SMILES string of the molecule is N#Cc1cc(Cc2ccc(NC(=O)CSc3nc4ccccc4[nH]3)c(C#N)c2)ccc1NC(=O)CSc1nc2ccccc2[nH]1. The van der Waals surface area contributed by atoms with Gasteiger partial charge in [-0.3, -0.25) is 9.59 Å². The first-order valence-electron chi connectivity index (χ1n) is 13.8. The standard InChI is InChI=1S/C33H24N8O2S2/c34-16-22-14-20(9-11-24(22)36-30(42)18-44-32-38-26-5-1-2-6-27(26)39-32)13-21-10-12-25(23(15-21)17-35)37-31(43)19-45-33-40-28-7-3-4-8-29(28)41-33/h1-12,14-15H,13,18-19H2,(H,36,42)(H,37,43)(H,38,39)(H,40,41). The number of imidazole rings is 2. The summed E-state index contributed by atoms with van der Waals surface area (Å²) >= 11 is 2.57. The van der Waals surface area contributed by atoms with E-state index in [1.54, 1.807) is 24.3 Å². The van der Waals surface area contributed by atoms with Crippen LogP contribution in [0.25, 0.3) is 22.1 Å². The molecule has 12 heteroatoms. The number of carbonyl (C=O) groups excluding carboxylic acids is 2. The number of H-pyrrole nitrogens is 2. The molecule has 0 bridgehead atoms. The number of thioether (sulfide) groups is 2. The summed E-state index contributed by atoms with van der Waals surface area (Å²) in [5, 5.41) is 26.4. The normalized spacial score (nSPS) is 10.8. The fourth-order valence-electron chi connectivity index (χ4n) is 4.68. The number of para-hydroxylation sites is 4. The summed E-state index contributed by atoms with van der Waals surface area (Å²) < 4.78 is 0. The van der Waals surface area contributed by atoms with Gasteiger partial charge in [0, 0.05) is 0 Å². The van der Waals surface area contributed by atoms with Crippen LogP contribution in [-0.2, 0) is 16.0 Å². The molecule has 0 saturated heterocycles. The van der Waals surface area contributed by atoms with E-state index in [0.29, 0.717) is 39.2 Å². The molecule has 0 aliphatic heterocycles. The first kappa shape index (κ1) is 29.5. The molecule has 0 saturated carbocycles. The summed E-state index contributed by atoms with van der Waals surface area (Å²) in [5.74, 6) is -0.246. The molecule has 4 N–H and O–H groups in total. The van der Waals surface area contributed by atoms with Gasteiger partial charge in [-0.1, -0.05) is 59.9 Å². The molecule has 0 aliphatic carbocycles. The maximum absolute atomic E-state index is 12.6. The summed E-state index contributed by atoms with van der Waals surface area (Å²) in [7, 11) is 0. The monoisotopic (exact) mass is 628 g/mol. The van der Waals surface area contributed by atoms with Gasteiger partial charge in [0.05, 0.1) is 56.1 Å². The second-order valence-corrected chi connectivity index (χ2v) is 11.9. The molecule has 2 aromatic heterocycles. The van der Waals surface area contributed by atoms with Crippen LogP contribution in [-0.4, -0.2) is 43.3 Å². The van der Waals surface area contributed by atoms with Crippen molar-refractivity contribution in [2.45, 2.75) is 16.7 Å². The zero-order valence-electron chi connectivity index (χ0n) is 23.6. The van der Waals surface area contributed by atoms with Gasteiger partial charge in [-0.15, -0.1) is 0 Å². The first-order valence-corrected chi connectivity index (χ1v) is 15.8. The number of amides is 2. The molecule has 220 valence electrons. The van der Waals surface area contributed by atoms with E-state index in [0.717, 1.165) is 33.2 Å². The number of hydrogen-bond acceptors (Lipinski definition) is 8. The van der Waals surface area contributed by atoms with Gasteiger partial charge in [0.1, 0.15) is 12.1 Å². The Kier molecular flexibility index (Phi) is 8.78. The van der Waals surface area contributed by atoms with Crippen LogP contribution >= 0.6 is 23.5 Å². The lowest BCUT2D eigenvalue weighted by Crippen LogP contribution is -2.15. The van der Waals surface area contributed by atoms with E-state index in [2.05, 4.69) is 42.7 Å². The molecule has 6 aromatic rings. The molecule has 6 rings (SSSR count). The fraction of sp³-hybridized carbons (Fsp3) is 0.0909. The van der Waals surface area contributed by atoms with Crippen molar-refractivity contribution in [1.29, 1.82) is 10.5 Å². The minimum absolute atomic E-state index is 0.130. The molecule has 45 heavy (non-hydrogen) atoms. The van der Waals surface area contributed by atoms with Crippen LogP contribution in [0.1, 0.15) is 22.3 Å². The Morgan fingerprint density at radius 2 is 1.11 bits per heavy atom. The van der Waals surface area contributed by atoms with Crippen LogP contribution < -0.4 is 10.6 Å². The van der Waals surface area contributed by atoms with Crippen LogP contribution in [0, 0.1) is 22.7 Å². The molecular weight excluding hydrogens is 605 g/mol. The highest BCUT2D eigenvalue weighted by Gasteiger charge is 2.13. The molecule has 2 amide bonds. The van der Waals surface area contributed by atoms with Gasteiger partial charge in [-0.2, -0.15) is 10.5 Å². The van der Waals surface area contributed by atoms with Crippen LogP contribution in [0.3, 0.4) is 0 Å². The largest absolute Gasteiger partial charge is 0.333 e. The van der Waals surface area contributed by atoms with Crippen LogP contribution in [0.15, 0.2) is 95.2 Å². The van der Waals surface area contributed by atoms with Gasteiger partial charge in [0.2, 0.25) is 11.8 Å². The number of nitrogens with one attached hydrogen (secondary N) is 4. The summed E-state index contributed by atoms with van der Waals surface area (Å²) in [4.78, 5) is 40.5. The lowest BCUT2D eigenvalue weighted by Gasteiger charge is -2.11. The van der Waals surface area contributed by atoms with Gasteiger partial charge in [0.25, 0.3) is 0 Å². The zero-order valence-corrected chi connectivity index (χ0v) is 25.3. The molecule has 4 aromatic carbocycles. The second-order valence-electron chi connectivity index (χ2n) is 9.95. The minimum Gasteiger partial charge on any atom is -0.333 e. The number of aromatic amines is 2. The van der Waals surface area contributed by atoms with Crippen LogP contribution in [0.2, 0.25) is 0 Å². The third kappa shape index (κ3) is 7.16. The van der Waals surface area contributed by atoms with Crippen molar-refractivity contribution >= 4 is 68.8 Å². The van der Waals surface area contributed by atoms with E-state index in [4.69, 9.17) is 0 Å². The molecule has 0 radical (unpaired) electrons. The Bertz CT molecular complexity index is 1920. The number of nitriles is 2. The number of carbonyl (C=O) groups is 2. The fourth-order valence-corrected chi connectivity index (χ4v) is 6.05. The van der Waals surface area contributed by atoms with E-state index in [9.17, 15) is 20.1 Å². The number of rotatable bonds is 10. The Balaban J connectivity index is 1.05. The van der Waals surface area contributed by atoms with E-state index < -0.39 is 0 Å². The highest BCUT2D eigenvalue weighted by Crippen LogP contribution is 2.25. The Morgan fingerprint density at radius 3 is 1.53 bits per heavy atom.